The molecule has 0 spiro atoms. The van der Waals surface area contributed by atoms with Crippen LogP contribution in [0.15, 0.2) is 24.4 Å². The maximum atomic E-state index is 10.7. The van der Waals surface area contributed by atoms with Gasteiger partial charge in [0.25, 0.3) is 0 Å². The van der Waals surface area contributed by atoms with Crippen LogP contribution in [0.5, 0.6) is 0 Å². The monoisotopic (exact) mass is 313 g/mol. The third-order valence-corrected chi connectivity index (χ3v) is 3.00. The second-order valence-corrected chi connectivity index (χ2v) is 5.36. The zero-order chi connectivity index (χ0) is 15.8. The van der Waals surface area contributed by atoms with E-state index in [4.69, 9.17) is 13.0 Å². The first-order chi connectivity index (χ1) is 9.13. The molecule has 1 heterocycles. The lowest BCUT2D eigenvalue weighted by Gasteiger charge is -2.08. The average molecular weight is 313 g/mol. The number of nitrogens with zero attached hydrogens (tertiary/aromatic N) is 1. The lowest BCUT2D eigenvalue weighted by molar-refractivity contribution is -0.704. The van der Waals surface area contributed by atoms with Gasteiger partial charge in [0, 0.05) is 25.0 Å². The second kappa shape index (κ2) is 8.21. The highest BCUT2D eigenvalue weighted by Crippen LogP contribution is 2.20. The summed E-state index contributed by atoms with van der Waals surface area (Å²) >= 11 is 0. The number of unbranched alkanes of at least 4 members (excludes halogenated alkanes) is 1. The fourth-order valence-electron chi connectivity index (χ4n) is 1.38. The molecule has 0 fully saturated rings. The van der Waals surface area contributed by atoms with Crippen LogP contribution in [0.4, 0.5) is 13.2 Å². The summed E-state index contributed by atoms with van der Waals surface area (Å²) in [5, 5.41) is 0. The maximum absolute atomic E-state index is 10.7. The molecule has 0 aromatic carbocycles. The van der Waals surface area contributed by atoms with Crippen molar-refractivity contribution in [3.05, 3.63) is 30.1 Å². The minimum absolute atomic E-state index is 1.13. The van der Waals surface area contributed by atoms with Gasteiger partial charge in [0.2, 0.25) is 0 Å². The van der Waals surface area contributed by atoms with Gasteiger partial charge in [-0.2, -0.15) is 13.2 Å². The lowest BCUT2D eigenvalue weighted by atomic mass is 10.2. The van der Waals surface area contributed by atoms with Gasteiger partial charge in [-0.1, -0.05) is 26.3 Å². The van der Waals surface area contributed by atoms with Crippen molar-refractivity contribution in [3.8, 4) is 0 Å². The van der Waals surface area contributed by atoms with Crippen molar-refractivity contribution in [2.75, 3.05) is 0 Å². The molecule has 0 amide bonds. The van der Waals surface area contributed by atoms with E-state index in [1.54, 1.807) is 0 Å². The minimum Gasteiger partial charge on any atom is -0.741 e. The highest BCUT2D eigenvalue weighted by atomic mass is 32.2. The Morgan fingerprint density at radius 3 is 2.20 bits per heavy atom. The first-order valence-electron chi connectivity index (χ1n) is 6.13. The standard InChI is InChI=1S/C11H18N.CHF3O3S/c1-3-5-9-12-10-7-6-8-11(12)4-2;2-1(3,4)8(5,6)7/h6-8,10H,3-5,9H2,1-2H3;(H,5,6,7)/q+1;/p-1. The molecule has 0 aliphatic heterocycles. The number of aromatic nitrogens is 1. The molecule has 1 aromatic heterocycles. The Hall–Kier alpha value is -1.15. The summed E-state index contributed by atoms with van der Waals surface area (Å²) in [4.78, 5) is 0. The van der Waals surface area contributed by atoms with Gasteiger partial charge < -0.3 is 4.55 Å². The van der Waals surface area contributed by atoms with Gasteiger partial charge in [-0.25, -0.2) is 13.0 Å². The summed E-state index contributed by atoms with van der Waals surface area (Å²) < 4.78 is 61.3. The molecule has 0 aliphatic rings. The molecule has 0 aliphatic carbocycles. The van der Waals surface area contributed by atoms with Gasteiger partial charge in [0.05, 0.1) is 0 Å². The van der Waals surface area contributed by atoms with E-state index in [1.165, 1.54) is 25.1 Å². The number of hydrogen-bond acceptors (Lipinski definition) is 3. The van der Waals surface area contributed by atoms with E-state index in [2.05, 4.69) is 42.8 Å². The van der Waals surface area contributed by atoms with E-state index in [9.17, 15) is 13.2 Å². The van der Waals surface area contributed by atoms with Crippen LogP contribution in [0, 0.1) is 0 Å². The minimum atomic E-state index is -6.09. The Bertz CT molecular complexity index is 501. The number of hydrogen-bond donors (Lipinski definition) is 0. The number of halogens is 3. The number of pyridine rings is 1. The molecule has 0 N–H and O–H groups in total. The van der Waals surface area contributed by atoms with Crippen molar-refractivity contribution < 1.29 is 30.7 Å². The average Bonchev–Trinajstić information content (AvgIpc) is 2.35. The predicted molar refractivity (Wildman–Crippen MR) is 66.7 cm³/mol. The molecule has 116 valence electrons. The zero-order valence-corrected chi connectivity index (χ0v) is 12.2. The van der Waals surface area contributed by atoms with Crippen molar-refractivity contribution in [2.45, 2.75) is 45.2 Å². The van der Waals surface area contributed by atoms with Crippen LogP contribution in [0.3, 0.4) is 0 Å². The molecule has 0 atom stereocenters. The molecule has 20 heavy (non-hydrogen) atoms. The van der Waals surface area contributed by atoms with Crippen molar-refractivity contribution in [2.24, 2.45) is 0 Å². The van der Waals surface area contributed by atoms with E-state index >= 15 is 0 Å². The van der Waals surface area contributed by atoms with Gasteiger partial charge in [-0.15, -0.1) is 0 Å². The number of alkyl halides is 3. The quantitative estimate of drug-likeness (QED) is 0.487. The first kappa shape index (κ1) is 18.9. The summed E-state index contributed by atoms with van der Waals surface area (Å²) in [6.07, 6.45) is 5.85. The third-order valence-electron chi connectivity index (χ3n) is 2.43. The van der Waals surface area contributed by atoms with Gasteiger partial charge in [-0.3, -0.25) is 0 Å². The molecule has 0 bridgehead atoms. The fraction of sp³-hybridized carbons (Fsp3) is 0.583. The Morgan fingerprint density at radius 1 is 1.25 bits per heavy atom. The predicted octanol–water partition coefficient (Wildman–Crippen LogP) is 2.39. The molecular formula is C12H18F3NO3S. The fourth-order valence-corrected chi connectivity index (χ4v) is 1.38. The SMILES string of the molecule is CCCC[n+]1ccccc1CC.O=S(=O)([O-])C(F)(F)F. The normalized spacial score (nSPS) is 11.7. The molecule has 8 heteroatoms. The molecule has 1 aromatic rings. The topological polar surface area (TPSA) is 61.1 Å². The van der Waals surface area contributed by atoms with Crippen molar-refractivity contribution >= 4 is 10.1 Å². The number of aryl methyl sites for hydroxylation is 2. The lowest BCUT2D eigenvalue weighted by Crippen LogP contribution is -2.37. The Balaban J connectivity index is 0.000000396. The summed E-state index contributed by atoms with van der Waals surface area (Å²) in [7, 11) is -6.09. The van der Waals surface area contributed by atoms with Crippen LogP contribution in [-0.2, 0) is 23.1 Å². The van der Waals surface area contributed by atoms with Crippen LogP contribution < -0.4 is 4.57 Å². The maximum Gasteiger partial charge on any atom is 0.485 e. The van der Waals surface area contributed by atoms with Crippen LogP contribution in [0.1, 0.15) is 32.4 Å². The van der Waals surface area contributed by atoms with Crippen LogP contribution in [0.2, 0.25) is 0 Å². The molecular weight excluding hydrogens is 295 g/mol. The summed E-state index contributed by atoms with van der Waals surface area (Å²) in [6.45, 7) is 5.60. The van der Waals surface area contributed by atoms with Crippen LogP contribution >= 0.6 is 0 Å². The van der Waals surface area contributed by atoms with E-state index in [0.717, 1.165) is 6.42 Å². The Kier molecular flexibility index (Phi) is 7.74. The summed E-state index contributed by atoms with van der Waals surface area (Å²) in [5.74, 6) is 0. The second-order valence-electron chi connectivity index (χ2n) is 3.99. The van der Waals surface area contributed by atoms with E-state index in [0.29, 0.717) is 0 Å². The molecule has 4 nitrogen and oxygen atoms in total. The molecule has 1 rings (SSSR count). The smallest absolute Gasteiger partial charge is 0.485 e. The molecule has 0 saturated carbocycles. The van der Waals surface area contributed by atoms with Crippen molar-refractivity contribution in [1.29, 1.82) is 0 Å². The van der Waals surface area contributed by atoms with Crippen molar-refractivity contribution in [3.63, 3.8) is 0 Å². The Morgan fingerprint density at radius 2 is 1.80 bits per heavy atom. The summed E-state index contributed by atoms with van der Waals surface area (Å²) in [6, 6.07) is 6.42. The number of rotatable bonds is 4. The highest BCUT2D eigenvalue weighted by molar-refractivity contribution is 7.86. The largest absolute Gasteiger partial charge is 0.741 e. The van der Waals surface area contributed by atoms with E-state index in [-0.39, 0.29) is 0 Å². The van der Waals surface area contributed by atoms with Gasteiger partial charge in [-0.05, 0) is 0 Å². The summed E-state index contributed by atoms with van der Waals surface area (Å²) in [5.41, 5.74) is -4.21. The molecule has 0 saturated heterocycles. The Labute approximate surface area is 117 Å². The third kappa shape index (κ3) is 6.85. The molecule has 0 unspecified atom stereocenters. The van der Waals surface area contributed by atoms with Gasteiger partial charge in [0.1, 0.15) is 6.54 Å². The van der Waals surface area contributed by atoms with E-state index in [1.807, 2.05) is 0 Å². The van der Waals surface area contributed by atoms with Crippen LogP contribution in [0.25, 0.3) is 0 Å². The first-order valence-corrected chi connectivity index (χ1v) is 7.53. The molecule has 0 radical (unpaired) electrons. The zero-order valence-electron chi connectivity index (χ0n) is 11.4. The van der Waals surface area contributed by atoms with Gasteiger partial charge >= 0.3 is 5.51 Å². The van der Waals surface area contributed by atoms with Crippen LogP contribution in [-0.4, -0.2) is 18.5 Å². The highest BCUT2D eigenvalue weighted by Gasteiger charge is 2.36. The van der Waals surface area contributed by atoms with E-state index < -0.39 is 15.6 Å². The van der Waals surface area contributed by atoms with Crippen molar-refractivity contribution in [1.82, 2.24) is 0 Å². The van der Waals surface area contributed by atoms with Gasteiger partial charge in [0.15, 0.2) is 22.0 Å².